The molecule has 2 nitrogen and oxygen atoms in total. The molecule has 0 bridgehead atoms. The third-order valence-electron chi connectivity index (χ3n) is 2.89. The van der Waals surface area contributed by atoms with Gasteiger partial charge in [0.15, 0.2) is 5.78 Å². The maximum Gasteiger partial charge on any atom is 0.182 e. The summed E-state index contributed by atoms with van der Waals surface area (Å²) in [4.78, 5) is 13.9. The highest BCUT2D eigenvalue weighted by molar-refractivity contribution is 6.42. The fourth-order valence-corrected chi connectivity index (χ4v) is 2.06. The van der Waals surface area contributed by atoms with Crippen molar-refractivity contribution in [2.75, 3.05) is 18.5 Å². The standard InChI is InChI=1S/C15H12Cl2FNO/c1-19(12-5-3-11(18)4-6-12)9-15(20)10-2-7-13(16)14(17)8-10/h2-8H,9H2,1H3. The minimum absolute atomic E-state index is 0.0876. The van der Waals surface area contributed by atoms with Crippen molar-refractivity contribution in [3.63, 3.8) is 0 Å². The number of hydrogen-bond donors (Lipinski definition) is 0. The molecule has 0 unspecified atom stereocenters. The SMILES string of the molecule is CN(CC(=O)c1ccc(Cl)c(Cl)c1)c1ccc(F)cc1. The molecule has 0 aliphatic rings. The fraction of sp³-hybridized carbons (Fsp3) is 0.133. The van der Waals surface area contributed by atoms with E-state index in [-0.39, 0.29) is 18.1 Å². The van der Waals surface area contributed by atoms with E-state index in [1.165, 1.54) is 12.1 Å². The van der Waals surface area contributed by atoms with Gasteiger partial charge in [-0.1, -0.05) is 23.2 Å². The van der Waals surface area contributed by atoms with Crippen molar-refractivity contribution in [1.29, 1.82) is 0 Å². The van der Waals surface area contributed by atoms with E-state index in [1.54, 1.807) is 42.3 Å². The number of benzene rings is 2. The number of rotatable bonds is 4. The van der Waals surface area contributed by atoms with Crippen LogP contribution in [0, 0.1) is 5.82 Å². The maximum atomic E-state index is 12.8. The van der Waals surface area contributed by atoms with E-state index in [9.17, 15) is 9.18 Å². The van der Waals surface area contributed by atoms with Gasteiger partial charge in [0.05, 0.1) is 16.6 Å². The molecule has 0 saturated carbocycles. The number of ketones is 1. The van der Waals surface area contributed by atoms with Gasteiger partial charge in [0.1, 0.15) is 5.82 Å². The number of Topliss-reactive ketones (excluding diaryl/α,β-unsaturated/α-hetero) is 1. The van der Waals surface area contributed by atoms with Crippen LogP contribution in [0.3, 0.4) is 0 Å². The monoisotopic (exact) mass is 311 g/mol. The molecule has 0 spiro atoms. The Bertz CT molecular complexity index is 628. The third-order valence-corrected chi connectivity index (χ3v) is 3.63. The van der Waals surface area contributed by atoms with Crippen LogP contribution in [0.15, 0.2) is 42.5 Å². The molecule has 104 valence electrons. The largest absolute Gasteiger partial charge is 0.367 e. The topological polar surface area (TPSA) is 20.3 Å². The zero-order chi connectivity index (χ0) is 14.7. The molecule has 0 radical (unpaired) electrons. The molecule has 0 N–H and O–H groups in total. The van der Waals surface area contributed by atoms with E-state index in [4.69, 9.17) is 23.2 Å². The van der Waals surface area contributed by atoms with Crippen LogP contribution in [0.25, 0.3) is 0 Å². The summed E-state index contributed by atoms with van der Waals surface area (Å²) in [7, 11) is 1.77. The second-order valence-electron chi connectivity index (χ2n) is 4.38. The van der Waals surface area contributed by atoms with Gasteiger partial charge in [-0.3, -0.25) is 4.79 Å². The molecular weight excluding hydrogens is 300 g/mol. The Kier molecular flexibility index (Phi) is 4.63. The zero-order valence-corrected chi connectivity index (χ0v) is 12.2. The molecule has 0 amide bonds. The first-order valence-electron chi connectivity index (χ1n) is 5.92. The third kappa shape index (κ3) is 3.50. The van der Waals surface area contributed by atoms with Gasteiger partial charge in [-0.2, -0.15) is 0 Å². The summed E-state index contributed by atoms with van der Waals surface area (Å²) in [6, 6.07) is 10.7. The van der Waals surface area contributed by atoms with E-state index in [0.29, 0.717) is 15.6 Å². The van der Waals surface area contributed by atoms with E-state index in [1.807, 2.05) is 0 Å². The predicted molar refractivity (Wildman–Crippen MR) is 80.5 cm³/mol. The zero-order valence-electron chi connectivity index (χ0n) is 10.7. The second kappa shape index (κ2) is 6.25. The predicted octanol–water partition coefficient (Wildman–Crippen LogP) is 4.45. The number of carbonyl (C=O) groups is 1. The molecule has 5 heteroatoms. The number of likely N-dealkylation sites (N-methyl/N-ethyl adjacent to an activating group) is 1. The van der Waals surface area contributed by atoms with E-state index < -0.39 is 0 Å². The maximum absolute atomic E-state index is 12.8. The van der Waals surface area contributed by atoms with Crippen molar-refractivity contribution in [3.8, 4) is 0 Å². The number of halogens is 3. The second-order valence-corrected chi connectivity index (χ2v) is 5.20. The highest BCUT2D eigenvalue weighted by atomic mass is 35.5. The molecule has 2 aromatic carbocycles. The number of anilines is 1. The minimum atomic E-state index is -0.307. The van der Waals surface area contributed by atoms with Crippen molar-refractivity contribution in [1.82, 2.24) is 0 Å². The van der Waals surface area contributed by atoms with Crippen LogP contribution >= 0.6 is 23.2 Å². The summed E-state index contributed by atoms with van der Waals surface area (Å²) >= 11 is 11.7. The van der Waals surface area contributed by atoms with Crippen LogP contribution in [0.1, 0.15) is 10.4 Å². The van der Waals surface area contributed by atoms with Gasteiger partial charge in [0, 0.05) is 18.3 Å². The first-order valence-corrected chi connectivity index (χ1v) is 6.68. The fourth-order valence-electron chi connectivity index (χ4n) is 1.76. The summed E-state index contributed by atoms with van der Waals surface area (Å²) in [6.45, 7) is 0.170. The summed E-state index contributed by atoms with van der Waals surface area (Å²) in [6.07, 6.45) is 0. The Morgan fingerprint density at radius 2 is 1.75 bits per heavy atom. The Labute approximate surface area is 126 Å². The van der Waals surface area contributed by atoms with Crippen LogP contribution in [0.2, 0.25) is 10.0 Å². The average Bonchev–Trinajstić information content (AvgIpc) is 2.42. The number of hydrogen-bond acceptors (Lipinski definition) is 2. The normalized spacial score (nSPS) is 10.4. The quantitative estimate of drug-likeness (QED) is 0.777. The summed E-state index contributed by atoms with van der Waals surface area (Å²) in [5, 5.41) is 0.761. The van der Waals surface area contributed by atoms with Gasteiger partial charge in [-0.25, -0.2) is 4.39 Å². The smallest absolute Gasteiger partial charge is 0.182 e. The Hall–Kier alpha value is -1.58. The molecule has 0 aromatic heterocycles. The van der Waals surface area contributed by atoms with Gasteiger partial charge in [-0.15, -0.1) is 0 Å². The molecule has 0 atom stereocenters. The van der Waals surface area contributed by atoms with Gasteiger partial charge < -0.3 is 4.90 Å². The molecule has 0 saturated heterocycles. The molecule has 0 fully saturated rings. The summed E-state index contributed by atoms with van der Waals surface area (Å²) < 4.78 is 12.8. The average molecular weight is 312 g/mol. The van der Waals surface area contributed by atoms with Crippen LogP contribution in [-0.2, 0) is 0 Å². The van der Waals surface area contributed by atoms with Crippen molar-refractivity contribution < 1.29 is 9.18 Å². The molecule has 0 aliphatic heterocycles. The van der Waals surface area contributed by atoms with Crippen molar-refractivity contribution in [3.05, 3.63) is 63.9 Å². The molecule has 2 aromatic rings. The molecule has 20 heavy (non-hydrogen) atoms. The van der Waals surface area contributed by atoms with Crippen molar-refractivity contribution in [2.45, 2.75) is 0 Å². The summed E-state index contributed by atoms with van der Waals surface area (Å²) in [5.41, 5.74) is 1.26. The Balaban J connectivity index is 2.10. The lowest BCUT2D eigenvalue weighted by atomic mass is 10.1. The molecular formula is C15H12Cl2FNO. The number of nitrogens with zero attached hydrogens (tertiary/aromatic N) is 1. The minimum Gasteiger partial charge on any atom is -0.367 e. The Morgan fingerprint density at radius 1 is 1.10 bits per heavy atom. The lowest BCUT2D eigenvalue weighted by molar-refractivity contribution is 0.100. The summed E-state index contributed by atoms with van der Waals surface area (Å²) in [5.74, 6) is -0.395. The van der Waals surface area contributed by atoms with Gasteiger partial charge in [0.2, 0.25) is 0 Å². The van der Waals surface area contributed by atoms with Crippen LogP contribution < -0.4 is 4.90 Å². The van der Waals surface area contributed by atoms with Crippen LogP contribution in [-0.4, -0.2) is 19.4 Å². The Morgan fingerprint density at radius 3 is 2.35 bits per heavy atom. The molecule has 0 aliphatic carbocycles. The highest BCUT2D eigenvalue weighted by Crippen LogP contribution is 2.23. The first kappa shape index (κ1) is 14.8. The van der Waals surface area contributed by atoms with E-state index >= 15 is 0 Å². The first-order chi connectivity index (χ1) is 9.47. The molecule has 2 rings (SSSR count). The van der Waals surface area contributed by atoms with Crippen LogP contribution in [0.4, 0.5) is 10.1 Å². The van der Waals surface area contributed by atoms with Gasteiger partial charge in [-0.05, 0) is 42.5 Å². The van der Waals surface area contributed by atoms with E-state index in [0.717, 1.165) is 5.69 Å². The van der Waals surface area contributed by atoms with Crippen LogP contribution in [0.5, 0.6) is 0 Å². The molecule has 0 heterocycles. The van der Waals surface area contributed by atoms with Gasteiger partial charge >= 0.3 is 0 Å². The van der Waals surface area contributed by atoms with E-state index in [2.05, 4.69) is 0 Å². The van der Waals surface area contributed by atoms with Crippen molar-refractivity contribution >= 4 is 34.7 Å². The lowest BCUT2D eigenvalue weighted by Crippen LogP contribution is -2.25. The van der Waals surface area contributed by atoms with Crippen molar-refractivity contribution in [2.24, 2.45) is 0 Å². The lowest BCUT2D eigenvalue weighted by Gasteiger charge is -2.18. The van der Waals surface area contributed by atoms with Gasteiger partial charge in [0.25, 0.3) is 0 Å². The highest BCUT2D eigenvalue weighted by Gasteiger charge is 2.11. The number of carbonyl (C=O) groups excluding carboxylic acids is 1.